The van der Waals surface area contributed by atoms with Crippen molar-refractivity contribution >= 4 is 27.7 Å². The number of H-pyrrole nitrogens is 1. The van der Waals surface area contributed by atoms with Crippen molar-refractivity contribution in [3.8, 4) is 28.6 Å². The molecule has 2 aromatic carbocycles. The minimum absolute atomic E-state index is 0.490. The molecule has 0 aliphatic carbocycles. The molecule has 2 aromatic heterocycles. The lowest BCUT2D eigenvalue weighted by Gasteiger charge is -1.99. The van der Waals surface area contributed by atoms with Gasteiger partial charge in [-0.3, -0.25) is 5.10 Å². The number of hydrogen-bond donors (Lipinski definition) is 1. The number of nitrogens with one attached hydrogen (secondary N) is 1. The molecule has 7 nitrogen and oxygen atoms in total. The molecule has 27 heavy (non-hydrogen) atoms. The first-order valence-electron chi connectivity index (χ1n) is 7.99. The molecule has 0 spiro atoms. The van der Waals surface area contributed by atoms with Crippen LogP contribution in [0.1, 0.15) is 5.89 Å². The van der Waals surface area contributed by atoms with Crippen LogP contribution in [0.3, 0.4) is 0 Å². The summed E-state index contributed by atoms with van der Waals surface area (Å²) in [5.41, 5.74) is 1.81. The maximum absolute atomic E-state index is 5.71. The molecular formula is C18H14BrN5O2S. The second-order valence-corrected chi connectivity index (χ2v) is 7.35. The van der Waals surface area contributed by atoms with Gasteiger partial charge in [0.25, 0.3) is 0 Å². The van der Waals surface area contributed by atoms with E-state index in [1.165, 1.54) is 11.8 Å². The third-order valence-electron chi connectivity index (χ3n) is 3.71. The molecule has 0 radical (unpaired) electrons. The minimum Gasteiger partial charge on any atom is -0.497 e. The summed E-state index contributed by atoms with van der Waals surface area (Å²) >= 11 is 4.83. The molecule has 2 heterocycles. The predicted molar refractivity (Wildman–Crippen MR) is 105 cm³/mol. The van der Waals surface area contributed by atoms with E-state index >= 15 is 0 Å². The number of rotatable bonds is 6. The zero-order valence-electron chi connectivity index (χ0n) is 14.2. The highest BCUT2D eigenvalue weighted by molar-refractivity contribution is 9.10. The van der Waals surface area contributed by atoms with Gasteiger partial charge in [-0.15, -0.1) is 15.3 Å². The predicted octanol–water partition coefficient (Wildman–Crippen LogP) is 4.59. The SMILES string of the molecule is COc1ccc(-c2nc(SCc3nnc(-c4ccc(Br)cc4)o3)n[nH]2)cc1. The molecule has 0 aliphatic rings. The number of nitrogens with zero attached hydrogens (tertiary/aromatic N) is 4. The Bertz CT molecular complexity index is 1030. The third kappa shape index (κ3) is 4.20. The van der Waals surface area contributed by atoms with Gasteiger partial charge in [-0.05, 0) is 48.5 Å². The fourth-order valence-electron chi connectivity index (χ4n) is 2.34. The molecule has 0 fully saturated rings. The largest absolute Gasteiger partial charge is 0.497 e. The van der Waals surface area contributed by atoms with Crippen molar-refractivity contribution in [3.63, 3.8) is 0 Å². The molecule has 0 unspecified atom stereocenters. The van der Waals surface area contributed by atoms with Crippen molar-refractivity contribution in [1.82, 2.24) is 25.4 Å². The van der Waals surface area contributed by atoms with Gasteiger partial charge in [0, 0.05) is 15.6 Å². The molecule has 0 atom stereocenters. The van der Waals surface area contributed by atoms with Crippen LogP contribution in [-0.4, -0.2) is 32.5 Å². The fourth-order valence-corrected chi connectivity index (χ4v) is 3.24. The summed E-state index contributed by atoms with van der Waals surface area (Å²) in [6.45, 7) is 0. The van der Waals surface area contributed by atoms with Crippen LogP contribution in [0.5, 0.6) is 5.75 Å². The van der Waals surface area contributed by atoms with E-state index in [0.717, 1.165) is 21.3 Å². The Morgan fingerprint density at radius 1 is 1.04 bits per heavy atom. The normalized spacial score (nSPS) is 10.9. The number of aromatic amines is 1. The van der Waals surface area contributed by atoms with Gasteiger partial charge < -0.3 is 9.15 Å². The van der Waals surface area contributed by atoms with E-state index < -0.39 is 0 Å². The van der Waals surface area contributed by atoms with E-state index in [9.17, 15) is 0 Å². The van der Waals surface area contributed by atoms with Gasteiger partial charge >= 0.3 is 0 Å². The number of hydrogen-bond acceptors (Lipinski definition) is 7. The van der Waals surface area contributed by atoms with Gasteiger partial charge in [0.15, 0.2) is 5.82 Å². The van der Waals surface area contributed by atoms with Gasteiger partial charge in [0.2, 0.25) is 16.9 Å². The summed E-state index contributed by atoms with van der Waals surface area (Å²) in [5, 5.41) is 16.0. The number of ether oxygens (including phenoxy) is 1. The molecule has 0 bridgehead atoms. The standard InChI is InChI=1S/C18H14BrN5O2S/c1-25-14-8-4-11(5-9-14)16-20-18(24-22-16)27-10-15-21-23-17(26-15)12-2-6-13(19)7-3-12/h2-9H,10H2,1H3,(H,20,22,24). The van der Waals surface area contributed by atoms with E-state index in [1.54, 1.807) is 7.11 Å². The number of halogens is 1. The molecule has 0 saturated heterocycles. The van der Waals surface area contributed by atoms with Gasteiger partial charge in [0.05, 0.1) is 12.9 Å². The van der Waals surface area contributed by atoms with E-state index in [-0.39, 0.29) is 0 Å². The van der Waals surface area contributed by atoms with Gasteiger partial charge in [-0.1, -0.05) is 27.7 Å². The van der Waals surface area contributed by atoms with Crippen LogP contribution in [-0.2, 0) is 5.75 Å². The first-order chi connectivity index (χ1) is 13.2. The average Bonchev–Trinajstić information content (AvgIpc) is 3.37. The zero-order valence-corrected chi connectivity index (χ0v) is 16.6. The second-order valence-electron chi connectivity index (χ2n) is 5.49. The Morgan fingerprint density at radius 3 is 2.52 bits per heavy atom. The Morgan fingerprint density at radius 2 is 1.78 bits per heavy atom. The molecule has 0 saturated carbocycles. The summed E-state index contributed by atoms with van der Waals surface area (Å²) in [5.74, 6) is 3.00. The highest BCUT2D eigenvalue weighted by atomic mass is 79.9. The summed E-state index contributed by atoms with van der Waals surface area (Å²) in [6, 6.07) is 15.3. The van der Waals surface area contributed by atoms with Crippen LogP contribution in [0.15, 0.2) is 62.6 Å². The summed E-state index contributed by atoms with van der Waals surface area (Å²) in [7, 11) is 1.64. The summed E-state index contributed by atoms with van der Waals surface area (Å²) in [6.07, 6.45) is 0. The van der Waals surface area contributed by atoms with E-state index in [4.69, 9.17) is 9.15 Å². The van der Waals surface area contributed by atoms with Crippen LogP contribution in [0.25, 0.3) is 22.8 Å². The van der Waals surface area contributed by atoms with Gasteiger partial charge in [-0.2, -0.15) is 0 Å². The van der Waals surface area contributed by atoms with Crippen LogP contribution in [0, 0.1) is 0 Å². The lowest BCUT2D eigenvalue weighted by Crippen LogP contribution is -1.84. The Labute approximate surface area is 167 Å². The summed E-state index contributed by atoms with van der Waals surface area (Å²) in [4.78, 5) is 4.49. The number of methoxy groups -OCH3 is 1. The minimum atomic E-state index is 0.490. The second kappa shape index (κ2) is 7.93. The first-order valence-corrected chi connectivity index (χ1v) is 9.77. The highest BCUT2D eigenvalue weighted by Gasteiger charge is 2.11. The van der Waals surface area contributed by atoms with Crippen molar-refractivity contribution in [3.05, 3.63) is 58.9 Å². The van der Waals surface area contributed by atoms with E-state index in [0.29, 0.717) is 28.5 Å². The molecule has 9 heteroatoms. The molecule has 4 aromatic rings. The van der Waals surface area contributed by atoms with Gasteiger partial charge in [-0.25, -0.2) is 4.98 Å². The lowest BCUT2D eigenvalue weighted by molar-refractivity contribution is 0.415. The molecule has 0 amide bonds. The molecule has 0 aliphatic heterocycles. The number of benzene rings is 2. The molecule has 4 rings (SSSR count). The van der Waals surface area contributed by atoms with Gasteiger partial charge in [0.1, 0.15) is 5.75 Å². The van der Waals surface area contributed by atoms with Crippen molar-refractivity contribution in [2.24, 2.45) is 0 Å². The molecular weight excluding hydrogens is 430 g/mol. The highest BCUT2D eigenvalue weighted by Crippen LogP contribution is 2.25. The van der Waals surface area contributed by atoms with Crippen molar-refractivity contribution in [2.75, 3.05) is 7.11 Å². The average molecular weight is 444 g/mol. The first kappa shape index (κ1) is 17.7. The number of thioether (sulfide) groups is 1. The zero-order chi connectivity index (χ0) is 18.6. The van der Waals surface area contributed by atoms with E-state index in [1.807, 2.05) is 48.5 Å². The maximum atomic E-state index is 5.71. The third-order valence-corrected chi connectivity index (χ3v) is 5.07. The number of aromatic nitrogens is 5. The van der Waals surface area contributed by atoms with Crippen molar-refractivity contribution in [2.45, 2.75) is 10.9 Å². The van der Waals surface area contributed by atoms with E-state index in [2.05, 4.69) is 41.3 Å². The monoisotopic (exact) mass is 443 g/mol. The molecule has 136 valence electrons. The Balaban J connectivity index is 1.40. The summed E-state index contributed by atoms with van der Waals surface area (Å²) < 4.78 is 11.9. The maximum Gasteiger partial charge on any atom is 0.247 e. The van der Waals surface area contributed by atoms with Crippen LogP contribution in [0.2, 0.25) is 0 Å². The lowest BCUT2D eigenvalue weighted by atomic mass is 10.2. The van der Waals surface area contributed by atoms with Crippen molar-refractivity contribution < 1.29 is 9.15 Å². The van der Waals surface area contributed by atoms with Crippen LogP contribution >= 0.6 is 27.7 Å². The topological polar surface area (TPSA) is 89.7 Å². The quantitative estimate of drug-likeness (QED) is 0.435. The van der Waals surface area contributed by atoms with Crippen LogP contribution < -0.4 is 4.74 Å². The van der Waals surface area contributed by atoms with Crippen LogP contribution in [0.4, 0.5) is 0 Å². The Kier molecular flexibility index (Phi) is 5.21. The Hall–Kier alpha value is -2.65. The molecule has 1 N–H and O–H groups in total. The van der Waals surface area contributed by atoms with Crippen molar-refractivity contribution in [1.29, 1.82) is 0 Å². The fraction of sp³-hybridized carbons (Fsp3) is 0.111. The smallest absolute Gasteiger partial charge is 0.247 e.